The van der Waals surface area contributed by atoms with Gasteiger partial charge in [-0.2, -0.15) is 0 Å². The van der Waals surface area contributed by atoms with Gasteiger partial charge in [0.25, 0.3) is 5.91 Å². The molecule has 6 nitrogen and oxygen atoms in total. The molecule has 0 bridgehead atoms. The van der Waals surface area contributed by atoms with E-state index in [0.29, 0.717) is 36.7 Å². The fourth-order valence-electron chi connectivity index (χ4n) is 3.64. The maximum Gasteiger partial charge on any atom is 0.251 e. The van der Waals surface area contributed by atoms with E-state index < -0.39 is 0 Å². The highest BCUT2D eigenvalue weighted by Crippen LogP contribution is 2.29. The molecule has 0 radical (unpaired) electrons. The van der Waals surface area contributed by atoms with Crippen molar-refractivity contribution in [2.24, 2.45) is 11.7 Å². The van der Waals surface area contributed by atoms with Crippen molar-refractivity contribution in [3.8, 4) is 0 Å². The van der Waals surface area contributed by atoms with Gasteiger partial charge in [-0.1, -0.05) is 12.8 Å². The predicted molar refractivity (Wildman–Crippen MR) is 95.2 cm³/mol. The molecule has 1 aromatic carbocycles. The molecule has 1 heterocycles. The maximum absolute atomic E-state index is 12.6. The average molecular weight is 330 g/mol. The molecule has 1 aliphatic heterocycles. The molecular weight excluding hydrogens is 304 g/mol. The first kappa shape index (κ1) is 16.8. The third-order valence-corrected chi connectivity index (χ3v) is 5.15. The van der Waals surface area contributed by atoms with Crippen LogP contribution in [-0.2, 0) is 4.79 Å². The lowest BCUT2D eigenvalue weighted by atomic mass is 9.84. The van der Waals surface area contributed by atoms with E-state index in [1.807, 2.05) is 24.1 Å². The molecule has 3 rings (SSSR count). The number of nitrogens with zero attached hydrogens (tertiary/aromatic N) is 1. The lowest BCUT2D eigenvalue weighted by Gasteiger charge is -2.31. The van der Waals surface area contributed by atoms with Crippen LogP contribution in [0.1, 0.15) is 42.5 Å². The van der Waals surface area contributed by atoms with Gasteiger partial charge in [-0.05, 0) is 43.5 Å². The van der Waals surface area contributed by atoms with Gasteiger partial charge in [-0.3, -0.25) is 9.59 Å². The average Bonchev–Trinajstić information content (AvgIpc) is 2.73. The Morgan fingerprint density at radius 3 is 2.96 bits per heavy atom. The molecule has 6 heteroatoms. The number of rotatable bonds is 3. The minimum atomic E-state index is -0.0932. The minimum Gasteiger partial charge on any atom is -0.372 e. The molecule has 1 aliphatic carbocycles. The summed E-state index contributed by atoms with van der Waals surface area (Å²) in [6.07, 6.45) is 4.83. The highest BCUT2D eigenvalue weighted by atomic mass is 16.2. The molecule has 24 heavy (non-hydrogen) atoms. The summed E-state index contributed by atoms with van der Waals surface area (Å²) in [6, 6.07) is 5.64. The SMILES string of the molecule is CN1CCC(=O)Nc2cc(C(=O)NC3CCCCC3CN)ccc21. The van der Waals surface area contributed by atoms with Crippen LogP contribution in [0.5, 0.6) is 0 Å². The van der Waals surface area contributed by atoms with Crippen LogP contribution >= 0.6 is 0 Å². The summed E-state index contributed by atoms with van der Waals surface area (Å²) in [5, 5.41) is 6.03. The van der Waals surface area contributed by atoms with Crippen LogP contribution in [0.3, 0.4) is 0 Å². The number of nitrogens with one attached hydrogen (secondary N) is 2. The van der Waals surface area contributed by atoms with Gasteiger partial charge in [0, 0.05) is 31.6 Å². The number of carbonyl (C=O) groups is 2. The maximum atomic E-state index is 12.6. The van der Waals surface area contributed by atoms with Crippen LogP contribution < -0.4 is 21.3 Å². The summed E-state index contributed by atoms with van der Waals surface area (Å²) < 4.78 is 0. The molecule has 1 saturated carbocycles. The van der Waals surface area contributed by atoms with E-state index in [0.717, 1.165) is 24.9 Å². The number of hydrogen-bond acceptors (Lipinski definition) is 4. The molecule has 0 aromatic heterocycles. The van der Waals surface area contributed by atoms with Crippen molar-refractivity contribution >= 4 is 23.2 Å². The summed E-state index contributed by atoms with van der Waals surface area (Å²) in [5.74, 6) is 0.243. The minimum absolute atomic E-state index is 0.0198. The summed E-state index contributed by atoms with van der Waals surface area (Å²) >= 11 is 0. The fourth-order valence-corrected chi connectivity index (χ4v) is 3.64. The zero-order valence-electron chi connectivity index (χ0n) is 14.2. The number of amides is 2. The third kappa shape index (κ3) is 3.53. The Balaban J connectivity index is 1.77. The summed E-state index contributed by atoms with van der Waals surface area (Å²) in [4.78, 5) is 26.5. The zero-order valence-corrected chi connectivity index (χ0v) is 14.2. The second-order valence-corrected chi connectivity index (χ2v) is 6.81. The predicted octanol–water partition coefficient (Wildman–Crippen LogP) is 1.71. The van der Waals surface area contributed by atoms with Gasteiger partial charge in [0.1, 0.15) is 0 Å². The van der Waals surface area contributed by atoms with Crippen molar-refractivity contribution in [3.63, 3.8) is 0 Å². The number of nitrogens with two attached hydrogens (primary N) is 1. The lowest BCUT2D eigenvalue weighted by molar-refractivity contribution is -0.115. The summed E-state index contributed by atoms with van der Waals surface area (Å²) in [6.45, 7) is 1.28. The van der Waals surface area contributed by atoms with Gasteiger partial charge < -0.3 is 21.3 Å². The molecule has 0 saturated heterocycles. The van der Waals surface area contributed by atoms with Crippen LogP contribution in [0.4, 0.5) is 11.4 Å². The van der Waals surface area contributed by atoms with E-state index in [4.69, 9.17) is 5.73 Å². The highest BCUT2D eigenvalue weighted by Gasteiger charge is 2.26. The van der Waals surface area contributed by atoms with E-state index in [9.17, 15) is 9.59 Å². The molecule has 4 N–H and O–H groups in total. The first-order valence-corrected chi connectivity index (χ1v) is 8.74. The zero-order chi connectivity index (χ0) is 17.1. The highest BCUT2D eigenvalue weighted by molar-refractivity contribution is 6.01. The number of benzene rings is 1. The quantitative estimate of drug-likeness (QED) is 0.787. The van der Waals surface area contributed by atoms with Crippen LogP contribution in [0.2, 0.25) is 0 Å². The van der Waals surface area contributed by atoms with E-state index in [1.54, 1.807) is 6.07 Å². The van der Waals surface area contributed by atoms with E-state index >= 15 is 0 Å². The van der Waals surface area contributed by atoms with Crippen LogP contribution in [-0.4, -0.2) is 38.0 Å². The molecule has 2 aliphatic rings. The second kappa shape index (κ2) is 7.21. The Hall–Kier alpha value is -2.08. The molecular formula is C18H26N4O2. The van der Waals surface area contributed by atoms with Crippen LogP contribution in [0.25, 0.3) is 0 Å². The topological polar surface area (TPSA) is 87.5 Å². The van der Waals surface area contributed by atoms with Gasteiger partial charge in [-0.15, -0.1) is 0 Å². The normalized spacial score (nSPS) is 23.9. The van der Waals surface area contributed by atoms with Crippen molar-refractivity contribution in [2.45, 2.75) is 38.1 Å². The third-order valence-electron chi connectivity index (χ3n) is 5.15. The van der Waals surface area contributed by atoms with Crippen LogP contribution in [0, 0.1) is 5.92 Å². The standard InChI is InChI=1S/C18H26N4O2/c1-22-9-8-17(23)20-15-10-12(6-7-16(15)22)18(24)21-14-5-3-2-4-13(14)11-19/h6-7,10,13-14H,2-5,8-9,11,19H2,1H3,(H,20,23)(H,21,24). The van der Waals surface area contributed by atoms with E-state index in [1.165, 1.54) is 6.42 Å². The Labute approximate surface area is 142 Å². The second-order valence-electron chi connectivity index (χ2n) is 6.81. The van der Waals surface area contributed by atoms with Crippen molar-refractivity contribution in [2.75, 3.05) is 30.4 Å². The van der Waals surface area contributed by atoms with E-state index in [2.05, 4.69) is 10.6 Å². The molecule has 2 atom stereocenters. The van der Waals surface area contributed by atoms with Crippen molar-refractivity contribution < 1.29 is 9.59 Å². The van der Waals surface area contributed by atoms with Crippen molar-refractivity contribution in [3.05, 3.63) is 23.8 Å². The van der Waals surface area contributed by atoms with Crippen LogP contribution in [0.15, 0.2) is 18.2 Å². The van der Waals surface area contributed by atoms with Gasteiger partial charge in [0.2, 0.25) is 5.91 Å². The van der Waals surface area contributed by atoms with Crippen molar-refractivity contribution in [1.82, 2.24) is 5.32 Å². The first-order chi connectivity index (χ1) is 11.6. The lowest BCUT2D eigenvalue weighted by Crippen LogP contribution is -2.44. The fraction of sp³-hybridized carbons (Fsp3) is 0.556. The molecule has 1 aromatic rings. The molecule has 130 valence electrons. The molecule has 0 spiro atoms. The molecule has 1 fully saturated rings. The smallest absolute Gasteiger partial charge is 0.251 e. The summed E-state index contributed by atoms with van der Waals surface area (Å²) in [7, 11) is 1.95. The van der Waals surface area contributed by atoms with Gasteiger partial charge in [0.15, 0.2) is 0 Å². The first-order valence-electron chi connectivity index (χ1n) is 8.74. The number of anilines is 2. The number of fused-ring (bicyclic) bond motifs is 1. The Morgan fingerprint density at radius 2 is 2.17 bits per heavy atom. The monoisotopic (exact) mass is 330 g/mol. The Bertz CT molecular complexity index is 631. The Kier molecular flexibility index (Phi) is 5.04. The van der Waals surface area contributed by atoms with E-state index in [-0.39, 0.29) is 17.9 Å². The van der Waals surface area contributed by atoms with Gasteiger partial charge in [0.05, 0.1) is 11.4 Å². The van der Waals surface area contributed by atoms with Gasteiger partial charge in [-0.25, -0.2) is 0 Å². The largest absolute Gasteiger partial charge is 0.372 e. The number of hydrogen-bond donors (Lipinski definition) is 3. The van der Waals surface area contributed by atoms with Crippen molar-refractivity contribution in [1.29, 1.82) is 0 Å². The molecule has 2 unspecified atom stereocenters. The number of carbonyl (C=O) groups excluding carboxylic acids is 2. The molecule has 2 amide bonds. The summed E-state index contributed by atoms with van der Waals surface area (Å²) in [5.41, 5.74) is 8.06. The van der Waals surface area contributed by atoms with Gasteiger partial charge >= 0.3 is 0 Å². The Morgan fingerprint density at radius 1 is 1.38 bits per heavy atom.